The van der Waals surface area contributed by atoms with Crippen LogP contribution in [0.25, 0.3) is 11.4 Å². The fraction of sp³-hybridized carbons (Fsp3) is 0.545. The van der Waals surface area contributed by atoms with Crippen LogP contribution in [0.5, 0.6) is 0 Å². The normalized spacial score (nSPS) is 17.2. The van der Waals surface area contributed by atoms with Crippen LogP contribution in [-0.2, 0) is 13.0 Å². The zero-order chi connectivity index (χ0) is 19.4. The second-order valence-corrected chi connectivity index (χ2v) is 7.62. The maximum absolute atomic E-state index is 12.2. The van der Waals surface area contributed by atoms with Gasteiger partial charge in [-0.15, -0.1) is 0 Å². The Morgan fingerprint density at radius 2 is 1.89 bits per heavy atom. The molecule has 5 heteroatoms. The van der Waals surface area contributed by atoms with Crippen molar-refractivity contribution in [2.24, 2.45) is 5.92 Å². The molecule has 0 spiro atoms. The van der Waals surface area contributed by atoms with Crippen LogP contribution < -0.4 is 5.56 Å². The molecular weight excluding hydrogens is 338 g/mol. The van der Waals surface area contributed by atoms with E-state index in [4.69, 9.17) is 0 Å². The lowest BCUT2D eigenvalue weighted by Gasteiger charge is -2.34. The van der Waals surface area contributed by atoms with Crippen LogP contribution in [0.2, 0.25) is 0 Å². The molecule has 1 atom stereocenters. The molecule has 2 aromatic rings. The lowest BCUT2D eigenvalue weighted by atomic mass is 9.90. The Morgan fingerprint density at radius 3 is 2.44 bits per heavy atom. The number of aromatic nitrogens is 2. The van der Waals surface area contributed by atoms with Gasteiger partial charge in [-0.1, -0.05) is 38.1 Å². The molecule has 3 rings (SSSR count). The maximum atomic E-state index is 12.2. The van der Waals surface area contributed by atoms with Crippen LogP contribution in [0.4, 0.5) is 0 Å². The predicted molar refractivity (Wildman–Crippen MR) is 109 cm³/mol. The number of aliphatic hydroxyl groups is 1. The number of likely N-dealkylation sites (tertiary alicyclic amines) is 1. The standard InChI is InChI=1S/C22H31N3O2/c1-4-19-15(3)23-21(24-22(19)27)18-8-6-16(7-9-18)14-25-12-10-17(11-13-25)20(26)5-2/h6-9,17,20,26H,4-5,10-14H2,1-3H3,(H,23,24,27)/t20-/m0/s1. The quantitative estimate of drug-likeness (QED) is 0.820. The number of aryl methyl sites for hydroxylation is 1. The molecule has 1 aliphatic rings. The van der Waals surface area contributed by atoms with Crippen molar-refractivity contribution in [1.82, 2.24) is 14.9 Å². The maximum Gasteiger partial charge on any atom is 0.254 e. The highest BCUT2D eigenvalue weighted by Gasteiger charge is 2.24. The van der Waals surface area contributed by atoms with E-state index < -0.39 is 0 Å². The zero-order valence-corrected chi connectivity index (χ0v) is 16.7. The van der Waals surface area contributed by atoms with E-state index in [2.05, 4.69) is 33.9 Å². The van der Waals surface area contributed by atoms with Crippen molar-refractivity contribution in [3.05, 3.63) is 51.4 Å². The van der Waals surface area contributed by atoms with Crippen molar-refractivity contribution < 1.29 is 5.11 Å². The number of piperidine rings is 1. The number of hydrogen-bond acceptors (Lipinski definition) is 4. The molecule has 1 aliphatic heterocycles. The van der Waals surface area contributed by atoms with Crippen molar-refractivity contribution in [1.29, 1.82) is 0 Å². The van der Waals surface area contributed by atoms with E-state index in [1.165, 1.54) is 5.56 Å². The number of nitrogens with one attached hydrogen (secondary N) is 1. The second-order valence-electron chi connectivity index (χ2n) is 7.62. The average molecular weight is 370 g/mol. The summed E-state index contributed by atoms with van der Waals surface area (Å²) in [7, 11) is 0. The molecule has 27 heavy (non-hydrogen) atoms. The molecule has 2 heterocycles. The average Bonchev–Trinajstić information content (AvgIpc) is 2.68. The first kappa shape index (κ1) is 19.8. The summed E-state index contributed by atoms with van der Waals surface area (Å²) < 4.78 is 0. The van der Waals surface area contributed by atoms with Gasteiger partial charge in [0.2, 0.25) is 0 Å². The van der Waals surface area contributed by atoms with Crippen LogP contribution >= 0.6 is 0 Å². The van der Waals surface area contributed by atoms with E-state index in [1.807, 2.05) is 26.0 Å². The van der Waals surface area contributed by atoms with Gasteiger partial charge in [0.25, 0.3) is 5.56 Å². The van der Waals surface area contributed by atoms with Crippen molar-refractivity contribution >= 4 is 0 Å². The van der Waals surface area contributed by atoms with Gasteiger partial charge in [0.1, 0.15) is 5.82 Å². The number of aliphatic hydroxyl groups excluding tert-OH is 1. The molecule has 1 saturated heterocycles. The first-order chi connectivity index (χ1) is 13.0. The molecule has 0 unspecified atom stereocenters. The summed E-state index contributed by atoms with van der Waals surface area (Å²) in [6.45, 7) is 8.92. The van der Waals surface area contributed by atoms with Gasteiger partial charge < -0.3 is 10.1 Å². The highest BCUT2D eigenvalue weighted by molar-refractivity contribution is 5.55. The van der Waals surface area contributed by atoms with E-state index in [0.29, 0.717) is 18.2 Å². The van der Waals surface area contributed by atoms with E-state index in [9.17, 15) is 9.90 Å². The number of H-pyrrole nitrogens is 1. The van der Waals surface area contributed by atoms with Crippen LogP contribution in [0, 0.1) is 12.8 Å². The third-order valence-electron chi connectivity index (χ3n) is 5.80. The second kappa shape index (κ2) is 8.81. The molecule has 1 aromatic heterocycles. The predicted octanol–water partition coefficient (Wildman–Crippen LogP) is 3.29. The number of aromatic amines is 1. The molecule has 0 amide bonds. The van der Waals surface area contributed by atoms with Gasteiger partial charge in [0.15, 0.2) is 0 Å². The Bertz CT molecular complexity index is 805. The number of benzene rings is 1. The topological polar surface area (TPSA) is 69.2 Å². The molecule has 0 radical (unpaired) electrons. The number of rotatable bonds is 6. The lowest BCUT2D eigenvalue weighted by molar-refractivity contribution is 0.0550. The van der Waals surface area contributed by atoms with Crippen molar-refractivity contribution in [2.75, 3.05) is 13.1 Å². The van der Waals surface area contributed by atoms with Gasteiger partial charge in [0.05, 0.1) is 6.10 Å². The third-order valence-corrected chi connectivity index (χ3v) is 5.80. The smallest absolute Gasteiger partial charge is 0.254 e. The summed E-state index contributed by atoms with van der Waals surface area (Å²) in [5.41, 5.74) is 3.72. The van der Waals surface area contributed by atoms with E-state index in [-0.39, 0.29) is 11.7 Å². The summed E-state index contributed by atoms with van der Waals surface area (Å²) in [5, 5.41) is 10.0. The van der Waals surface area contributed by atoms with E-state index in [1.54, 1.807) is 0 Å². The molecule has 2 N–H and O–H groups in total. The monoisotopic (exact) mass is 369 g/mol. The first-order valence-electron chi connectivity index (χ1n) is 10.1. The minimum absolute atomic E-state index is 0.0405. The molecule has 146 valence electrons. The SMILES string of the molecule is CCc1c(C)nc(-c2ccc(CN3CCC([C@@H](O)CC)CC3)cc2)[nH]c1=O. The number of nitrogens with zero attached hydrogens (tertiary/aromatic N) is 2. The molecule has 0 bridgehead atoms. The van der Waals surface area contributed by atoms with Gasteiger partial charge in [-0.2, -0.15) is 0 Å². The Morgan fingerprint density at radius 1 is 1.22 bits per heavy atom. The van der Waals surface area contributed by atoms with E-state index in [0.717, 1.165) is 55.7 Å². The fourth-order valence-corrected chi connectivity index (χ4v) is 4.02. The number of hydrogen-bond donors (Lipinski definition) is 2. The van der Waals surface area contributed by atoms with Gasteiger partial charge >= 0.3 is 0 Å². The zero-order valence-electron chi connectivity index (χ0n) is 16.7. The summed E-state index contributed by atoms with van der Waals surface area (Å²) >= 11 is 0. The van der Waals surface area contributed by atoms with Gasteiger partial charge in [0, 0.05) is 23.4 Å². The van der Waals surface area contributed by atoms with Crippen LogP contribution in [0.3, 0.4) is 0 Å². The largest absolute Gasteiger partial charge is 0.393 e. The van der Waals surface area contributed by atoms with Gasteiger partial charge in [-0.25, -0.2) is 4.98 Å². The van der Waals surface area contributed by atoms with Gasteiger partial charge in [-0.3, -0.25) is 9.69 Å². The van der Waals surface area contributed by atoms with Crippen LogP contribution in [0.1, 0.15) is 49.9 Å². The molecule has 1 fully saturated rings. The fourth-order valence-electron chi connectivity index (χ4n) is 4.02. The Hall–Kier alpha value is -1.98. The summed E-state index contributed by atoms with van der Waals surface area (Å²) in [6, 6.07) is 8.30. The summed E-state index contributed by atoms with van der Waals surface area (Å²) in [5.74, 6) is 1.08. The van der Waals surface area contributed by atoms with Crippen molar-refractivity contribution in [3.8, 4) is 11.4 Å². The summed E-state index contributed by atoms with van der Waals surface area (Å²) in [4.78, 5) is 22.1. The Balaban J connectivity index is 1.64. The van der Waals surface area contributed by atoms with Crippen LogP contribution in [0.15, 0.2) is 29.1 Å². The molecule has 5 nitrogen and oxygen atoms in total. The minimum atomic E-state index is -0.149. The Kier molecular flexibility index (Phi) is 6.45. The van der Waals surface area contributed by atoms with Crippen LogP contribution in [-0.4, -0.2) is 39.2 Å². The molecule has 0 saturated carbocycles. The molecule has 0 aliphatic carbocycles. The highest BCUT2D eigenvalue weighted by atomic mass is 16.3. The van der Waals surface area contributed by atoms with Crippen molar-refractivity contribution in [2.45, 2.75) is 59.1 Å². The Labute approximate surface area is 161 Å². The van der Waals surface area contributed by atoms with E-state index >= 15 is 0 Å². The molecule has 1 aromatic carbocycles. The minimum Gasteiger partial charge on any atom is -0.393 e. The molecular formula is C22H31N3O2. The van der Waals surface area contributed by atoms with Crippen molar-refractivity contribution in [3.63, 3.8) is 0 Å². The van der Waals surface area contributed by atoms with Gasteiger partial charge in [-0.05, 0) is 57.2 Å². The third kappa shape index (κ3) is 4.66. The lowest BCUT2D eigenvalue weighted by Crippen LogP contribution is -2.37. The first-order valence-corrected chi connectivity index (χ1v) is 10.1. The highest BCUT2D eigenvalue weighted by Crippen LogP contribution is 2.24. The summed E-state index contributed by atoms with van der Waals surface area (Å²) in [6.07, 6.45) is 3.53.